The largest absolute Gasteiger partial charge is 0.508 e. The minimum absolute atomic E-state index is 0.0276. The zero-order valence-corrected chi connectivity index (χ0v) is 48.1. The first-order valence-electron chi connectivity index (χ1n) is 29.5. The summed E-state index contributed by atoms with van der Waals surface area (Å²) in [5.41, 5.74) is 0.935. The van der Waals surface area contributed by atoms with Gasteiger partial charge in [-0.25, -0.2) is 13.9 Å². The van der Waals surface area contributed by atoms with Crippen molar-refractivity contribution in [2.75, 3.05) is 65.9 Å². The molecule has 18 heteroatoms. The van der Waals surface area contributed by atoms with E-state index in [1.807, 2.05) is 32.1 Å². The number of aliphatic hydroxyl groups excluding tert-OH is 2. The number of phosphoric ester groups is 1. The molecule has 1 aliphatic heterocycles. The number of unbranched alkanes of at least 4 members (excludes halogenated alkanes) is 4. The number of nitrogens with zero attached hydrogens (tertiary/aromatic N) is 1. The average molecular weight is 1120 g/mol. The molecule has 438 valence electrons. The molecule has 0 spiro atoms. The molecule has 79 heavy (non-hydrogen) atoms. The van der Waals surface area contributed by atoms with Crippen LogP contribution in [0.1, 0.15) is 147 Å². The van der Waals surface area contributed by atoms with Crippen LogP contribution in [0.15, 0.2) is 72.3 Å². The Bertz CT molecular complexity index is 2460. The Morgan fingerprint density at radius 3 is 2.42 bits per heavy atom. The molecule has 1 saturated heterocycles. The summed E-state index contributed by atoms with van der Waals surface area (Å²) in [4.78, 5) is 59.7. The lowest BCUT2D eigenvalue weighted by molar-refractivity contribution is -0.937. The van der Waals surface area contributed by atoms with Gasteiger partial charge >= 0.3 is 14.0 Å². The van der Waals surface area contributed by atoms with Crippen LogP contribution in [-0.4, -0.2) is 132 Å². The number of likely N-dealkylation sites (N-methyl/N-ethyl adjacent to an activating group) is 1. The van der Waals surface area contributed by atoms with Crippen LogP contribution >= 0.6 is 7.82 Å². The van der Waals surface area contributed by atoms with Gasteiger partial charge in [-0.3, -0.25) is 9.59 Å². The van der Waals surface area contributed by atoms with Crippen LogP contribution in [-0.2, 0) is 55.3 Å². The highest BCUT2D eigenvalue weighted by Crippen LogP contribution is 2.70. The fraction of sp³-hybridized carbons (Fsp3) is 0.689. The molecule has 0 amide bonds. The first-order chi connectivity index (χ1) is 37.9. The number of rotatable bonds is 30. The van der Waals surface area contributed by atoms with E-state index in [1.165, 1.54) is 5.56 Å². The normalized spacial score (nSPS) is 29.0. The molecule has 0 radical (unpaired) electrons. The van der Waals surface area contributed by atoms with Crippen molar-refractivity contribution in [3.8, 4) is 5.75 Å². The summed E-state index contributed by atoms with van der Waals surface area (Å²) in [6.45, 7) is 11.4. The number of allylic oxidation sites excluding steroid dienone is 4. The number of hydrogen-bond donors (Lipinski definition) is 5. The Hall–Kier alpha value is -3.84. The number of benzene rings is 2. The fourth-order valence-electron chi connectivity index (χ4n) is 14.7. The summed E-state index contributed by atoms with van der Waals surface area (Å²) in [6, 6.07) is 15.7. The van der Waals surface area contributed by atoms with Gasteiger partial charge in [-0.05, 0) is 138 Å². The zero-order valence-electron chi connectivity index (χ0n) is 47.2. The first kappa shape index (κ1) is 61.2. The van der Waals surface area contributed by atoms with E-state index in [9.17, 15) is 34.2 Å². The quantitative estimate of drug-likeness (QED) is 0.0161. The first-order valence-corrected chi connectivity index (χ1v) is 31.1. The van der Waals surface area contributed by atoms with Crippen molar-refractivity contribution in [3.05, 3.63) is 89.0 Å². The van der Waals surface area contributed by atoms with Gasteiger partial charge in [-0.2, -0.15) is 0 Å². The topological polar surface area (TPSA) is 226 Å². The van der Waals surface area contributed by atoms with E-state index in [0.717, 1.165) is 115 Å². The highest BCUT2D eigenvalue weighted by atomic mass is 31.2. The molecule has 0 aromatic heterocycles. The Labute approximate surface area is 467 Å². The number of quaternary nitrogens is 1. The lowest BCUT2D eigenvalue weighted by Gasteiger charge is -2.59. The van der Waals surface area contributed by atoms with Gasteiger partial charge < -0.3 is 58.2 Å². The van der Waals surface area contributed by atoms with E-state index in [-0.39, 0.29) is 36.1 Å². The molecule has 4 saturated carbocycles. The van der Waals surface area contributed by atoms with Gasteiger partial charge in [0.15, 0.2) is 31.1 Å². The molecule has 1 unspecified atom stereocenters. The number of aliphatic hydroxyl groups is 2. The van der Waals surface area contributed by atoms with Crippen molar-refractivity contribution in [1.29, 1.82) is 0 Å². The Morgan fingerprint density at radius 2 is 1.67 bits per heavy atom. The number of fused-ring (bicyclic) bond motifs is 7. The van der Waals surface area contributed by atoms with Crippen LogP contribution in [0.3, 0.4) is 0 Å². The van der Waals surface area contributed by atoms with E-state index in [1.54, 1.807) is 24.3 Å². The number of ketones is 2. The SMILES string of the molecule is CC[N+](CC)(CCOC(=O)OCC(=O)[C@@]12O[C@H](C3CCCCC3)O[C@@H]1C[C@H]1[C@@H]3CCC4=CC(=O)C=C[C@]4(C)[C@H]3[C@@H](O)C[C@@]12C)Cc1cc(C(O)CNCCCCCCOCCCCc2ccccc2)ccc1OCOP(=O)(O)O. The number of aryl methyl sites for hydroxylation is 1. The minimum Gasteiger partial charge on any atom is -0.466 e. The highest BCUT2D eigenvalue weighted by Gasteiger charge is 2.76. The van der Waals surface area contributed by atoms with Crippen molar-refractivity contribution >= 4 is 25.5 Å². The lowest BCUT2D eigenvalue weighted by Crippen LogP contribution is -2.63. The average Bonchev–Trinajstić information content (AvgIpc) is 2.29. The molecule has 17 nitrogen and oxygen atoms in total. The highest BCUT2D eigenvalue weighted by molar-refractivity contribution is 7.46. The molecule has 2 aromatic carbocycles. The molecule has 0 bridgehead atoms. The van der Waals surface area contributed by atoms with Gasteiger partial charge in [-0.15, -0.1) is 0 Å². The molecule has 5 N–H and O–H groups in total. The van der Waals surface area contributed by atoms with Gasteiger partial charge in [0.2, 0.25) is 5.78 Å². The van der Waals surface area contributed by atoms with Crippen LogP contribution in [0.4, 0.5) is 4.79 Å². The lowest BCUT2D eigenvalue weighted by atomic mass is 9.46. The van der Waals surface area contributed by atoms with Crippen molar-refractivity contribution in [2.45, 2.75) is 167 Å². The van der Waals surface area contributed by atoms with Crippen LogP contribution in [0.25, 0.3) is 0 Å². The number of carbonyl (C=O) groups is 3. The van der Waals surface area contributed by atoms with Gasteiger partial charge in [0.1, 0.15) is 25.4 Å². The third-order valence-corrected chi connectivity index (χ3v) is 19.6. The number of ether oxygens (including phenoxy) is 6. The zero-order chi connectivity index (χ0) is 56.3. The molecular formula is C61H90N2O15P+. The summed E-state index contributed by atoms with van der Waals surface area (Å²) in [6.07, 6.45) is 16.3. The third-order valence-electron chi connectivity index (χ3n) is 19.1. The Morgan fingerprint density at radius 1 is 0.924 bits per heavy atom. The van der Waals surface area contributed by atoms with E-state index < -0.39 is 74.2 Å². The number of Topliss-reactive ketones (excluding diaryl/α,β-unsaturated/α-hetero) is 1. The monoisotopic (exact) mass is 1120 g/mol. The van der Waals surface area contributed by atoms with E-state index in [4.69, 9.17) is 28.4 Å². The summed E-state index contributed by atoms with van der Waals surface area (Å²) >= 11 is 0. The number of hydrogen-bond acceptors (Lipinski definition) is 14. The molecule has 2 aromatic rings. The van der Waals surface area contributed by atoms with Gasteiger partial charge in [-0.1, -0.05) is 94.0 Å². The van der Waals surface area contributed by atoms with Gasteiger partial charge in [0.25, 0.3) is 0 Å². The maximum Gasteiger partial charge on any atom is 0.508 e. The fourth-order valence-corrected chi connectivity index (χ4v) is 14.9. The second kappa shape index (κ2) is 27.5. The second-order valence-electron chi connectivity index (χ2n) is 23.8. The van der Waals surface area contributed by atoms with Crippen molar-refractivity contribution in [1.82, 2.24) is 5.32 Å². The summed E-state index contributed by atoms with van der Waals surface area (Å²) in [5, 5.41) is 27.0. The summed E-state index contributed by atoms with van der Waals surface area (Å²) < 4.78 is 53.4. The number of phosphoric acid groups is 1. The second-order valence-corrected chi connectivity index (χ2v) is 25.0. The molecule has 6 aliphatic rings. The predicted molar refractivity (Wildman–Crippen MR) is 296 cm³/mol. The van der Waals surface area contributed by atoms with Crippen molar-refractivity contribution in [2.24, 2.45) is 34.5 Å². The third kappa shape index (κ3) is 14.5. The standard InChI is InChI=1S/C61H89N2O15P/c1-5-63(6-2,40-46-35-45(24-27-53(46)75-42-76-79(69,70)71)52(66)39-62-30-16-7-8-17-32-72-33-18-15-21-43-19-11-9-12-20-43)31-34-73-58(68)74-41-54(67)61-55(77-57(78-61)44-22-13-10-14-23-44)37-50-49-26-25-47-36-48(64)28-29-59(47,3)56(49)51(65)38-60(50,61)4/h9,11-12,19-20,24,27-29,35-36,44,49-52,55-57,62,65-66H,5-8,10,13-18,21-23,25-26,30-34,37-42H2,1-4H3,(H-,69,70,71)/p+1/t49-,50-,51-,52?,55+,56+,57+,59-,60-,61+/m0/s1. The van der Waals surface area contributed by atoms with Gasteiger partial charge in [0, 0.05) is 48.0 Å². The van der Waals surface area contributed by atoms with E-state index in [2.05, 4.69) is 48.0 Å². The molecule has 1 heterocycles. The van der Waals surface area contributed by atoms with E-state index in [0.29, 0.717) is 66.9 Å². The maximum absolute atomic E-state index is 15.0. The molecule has 5 aliphatic carbocycles. The van der Waals surface area contributed by atoms with Crippen molar-refractivity contribution < 1.29 is 76.4 Å². The van der Waals surface area contributed by atoms with Gasteiger partial charge in [0.05, 0.1) is 31.4 Å². The van der Waals surface area contributed by atoms with Crippen LogP contribution in [0.5, 0.6) is 5.75 Å². The molecule has 5 fully saturated rings. The van der Waals surface area contributed by atoms with Crippen LogP contribution in [0, 0.1) is 34.5 Å². The van der Waals surface area contributed by atoms with Crippen molar-refractivity contribution in [3.63, 3.8) is 0 Å². The minimum atomic E-state index is -4.82. The molecular weight excluding hydrogens is 1030 g/mol. The maximum atomic E-state index is 15.0. The smallest absolute Gasteiger partial charge is 0.466 e. The van der Waals surface area contributed by atoms with Crippen LogP contribution in [0.2, 0.25) is 0 Å². The predicted octanol–water partition coefficient (Wildman–Crippen LogP) is 9.38. The Kier molecular flexibility index (Phi) is 21.3. The van der Waals surface area contributed by atoms with E-state index >= 15 is 4.79 Å². The molecule has 10 atom stereocenters. The number of carbonyl (C=O) groups excluding carboxylic acids is 3. The Balaban J connectivity index is 0.844. The summed E-state index contributed by atoms with van der Waals surface area (Å²) in [7, 11) is -4.82. The van der Waals surface area contributed by atoms with Crippen LogP contribution < -0.4 is 10.1 Å². The summed E-state index contributed by atoms with van der Waals surface area (Å²) in [5.74, 6) is -0.107. The molecule has 8 rings (SSSR count). The number of nitrogens with one attached hydrogen (secondary N) is 1.